The second kappa shape index (κ2) is 6.67. The molecular weight excluding hydrogens is 275 g/mol. The van der Waals surface area contributed by atoms with E-state index >= 15 is 0 Å². The van der Waals surface area contributed by atoms with Gasteiger partial charge in [0.1, 0.15) is 11.6 Å². The molecule has 0 aliphatic rings. The molecule has 1 unspecified atom stereocenters. The fourth-order valence-electron chi connectivity index (χ4n) is 2.31. The lowest BCUT2D eigenvalue weighted by Crippen LogP contribution is -2.14. The molecule has 0 radical (unpaired) electrons. The molecule has 0 aromatic heterocycles. The van der Waals surface area contributed by atoms with Gasteiger partial charge >= 0.3 is 0 Å². The Kier molecular flexibility index (Phi) is 4.91. The Morgan fingerprint density at radius 1 is 1.20 bits per heavy atom. The Morgan fingerprint density at radius 2 is 1.90 bits per heavy atom. The van der Waals surface area contributed by atoms with Crippen molar-refractivity contribution in [3.8, 4) is 0 Å². The average molecular weight is 291 g/mol. The maximum Gasteiger partial charge on any atom is 0.144 e. The van der Waals surface area contributed by atoms with Crippen LogP contribution in [-0.4, -0.2) is 5.78 Å². The molecule has 2 aromatic rings. The molecule has 20 heavy (non-hydrogen) atoms. The number of halogens is 2. The summed E-state index contributed by atoms with van der Waals surface area (Å²) < 4.78 is 13.0. The van der Waals surface area contributed by atoms with Gasteiger partial charge in [-0.1, -0.05) is 54.9 Å². The third-order valence-electron chi connectivity index (χ3n) is 3.38. The summed E-state index contributed by atoms with van der Waals surface area (Å²) in [6.07, 6.45) is 0.966. The normalized spacial score (nSPS) is 12.2. The highest BCUT2D eigenvalue weighted by atomic mass is 35.5. The second-order valence-electron chi connectivity index (χ2n) is 4.75. The molecule has 0 spiro atoms. The number of hydrogen-bond donors (Lipinski definition) is 0. The van der Waals surface area contributed by atoms with Crippen molar-refractivity contribution in [3.63, 3.8) is 0 Å². The van der Waals surface area contributed by atoms with Crippen LogP contribution in [-0.2, 0) is 11.2 Å². The lowest BCUT2D eigenvalue weighted by atomic mass is 9.89. The molecule has 1 atom stereocenters. The van der Waals surface area contributed by atoms with Crippen LogP contribution in [0.25, 0.3) is 0 Å². The van der Waals surface area contributed by atoms with Gasteiger partial charge in [0.05, 0.1) is 0 Å². The SMILES string of the molecule is CCC(C(=O)Cc1ccc(F)cc1Cl)c1ccccc1. The van der Waals surface area contributed by atoms with Gasteiger partial charge < -0.3 is 0 Å². The van der Waals surface area contributed by atoms with E-state index in [9.17, 15) is 9.18 Å². The Labute approximate surface area is 123 Å². The first kappa shape index (κ1) is 14.7. The summed E-state index contributed by atoms with van der Waals surface area (Å²) in [7, 11) is 0. The van der Waals surface area contributed by atoms with E-state index in [0.29, 0.717) is 10.6 Å². The minimum absolute atomic E-state index is 0.104. The van der Waals surface area contributed by atoms with Gasteiger partial charge in [0.25, 0.3) is 0 Å². The van der Waals surface area contributed by atoms with Gasteiger partial charge in [-0.15, -0.1) is 0 Å². The second-order valence-corrected chi connectivity index (χ2v) is 5.16. The van der Waals surface area contributed by atoms with Crippen LogP contribution in [0.2, 0.25) is 5.02 Å². The largest absolute Gasteiger partial charge is 0.299 e. The van der Waals surface area contributed by atoms with E-state index < -0.39 is 0 Å². The topological polar surface area (TPSA) is 17.1 Å². The smallest absolute Gasteiger partial charge is 0.144 e. The maximum absolute atomic E-state index is 13.0. The van der Waals surface area contributed by atoms with Crippen molar-refractivity contribution < 1.29 is 9.18 Å². The van der Waals surface area contributed by atoms with E-state index in [1.165, 1.54) is 12.1 Å². The molecule has 0 bridgehead atoms. The molecule has 0 amide bonds. The fraction of sp³-hybridized carbons (Fsp3) is 0.235. The number of carbonyl (C=O) groups excluding carboxylic acids is 1. The van der Waals surface area contributed by atoms with Gasteiger partial charge in [-0.2, -0.15) is 0 Å². The molecule has 0 aliphatic heterocycles. The summed E-state index contributed by atoms with van der Waals surface area (Å²) in [5, 5.41) is 0.307. The predicted molar refractivity (Wildman–Crippen MR) is 79.6 cm³/mol. The summed E-state index contributed by atoms with van der Waals surface area (Å²) in [6, 6.07) is 13.8. The van der Waals surface area contributed by atoms with Crippen molar-refractivity contribution in [2.45, 2.75) is 25.7 Å². The van der Waals surface area contributed by atoms with Gasteiger partial charge in [-0.05, 0) is 29.7 Å². The summed E-state index contributed by atoms with van der Waals surface area (Å²) in [5.41, 5.74) is 1.69. The molecule has 0 saturated carbocycles. The number of ketones is 1. The lowest BCUT2D eigenvalue weighted by molar-refractivity contribution is -0.119. The van der Waals surface area contributed by atoms with Crippen LogP contribution in [0, 0.1) is 5.82 Å². The zero-order valence-corrected chi connectivity index (χ0v) is 12.0. The van der Waals surface area contributed by atoms with Gasteiger partial charge in [-0.3, -0.25) is 4.79 Å². The highest BCUT2D eigenvalue weighted by Gasteiger charge is 2.19. The average Bonchev–Trinajstić information content (AvgIpc) is 2.44. The molecule has 0 N–H and O–H groups in total. The van der Waals surface area contributed by atoms with Gasteiger partial charge in [0.2, 0.25) is 0 Å². The van der Waals surface area contributed by atoms with Gasteiger partial charge in [-0.25, -0.2) is 4.39 Å². The molecule has 0 aliphatic carbocycles. The lowest BCUT2D eigenvalue weighted by Gasteiger charge is -2.14. The van der Waals surface area contributed by atoms with Crippen LogP contribution in [0.1, 0.15) is 30.4 Å². The Hall–Kier alpha value is -1.67. The third-order valence-corrected chi connectivity index (χ3v) is 3.73. The Bertz CT molecular complexity index is 595. The third kappa shape index (κ3) is 3.45. The summed E-state index contributed by atoms with van der Waals surface area (Å²) in [5.74, 6) is -0.425. The first-order valence-electron chi connectivity index (χ1n) is 6.63. The number of carbonyl (C=O) groups is 1. The number of rotatable bonds is 5. The van der Waals surface area contributed by atoms with Gasteiger partial charge in [0.15, 0.2) is 0 Å². The van der Waals surface area contributed by atoms with E-state index in [-0.39, 0.29) is 23.9 Å². The first-order valence-corrected chi connectivity index (χ1v) is 7.01. The molecule has 0 fully saturated rings. The summed E-state index contributed by atoms with van der Waals surface area (Å²) in [6.45, 7) is 1.99. The quantitative estimate of drug-likeness (QED) is 0.774. The Morgan fingerprint density at radius 3 is 2.50 bits per heavy atom. The first-order chi connectivity index (χ1) is 9.61. The van der Waals surface area contributed by atoms with Crippen molar-refractivity contribution >= 4 is 17.4 Å². The molecular formula is C17H16ClFO. The van der Waals surface area contributed by atoms with Crippen molar-refractivity contribution in [3.05, 3.63) is 70.5 Å². The highest BCUT2D eigenvalue weighted by Crippen LogP contribution is 2.25. The van der Waals surface area contributed by atoms with Crippen LogP contribution in [0.15, 0.2) is 48.5 Å². The molecule has 2 aromatic carbocycles. The molecule has 0 heterocycles. The zero-order valence-electron chi connectivity index (χ0n) is 11.3. The molecule has 1 nitrogen and oxygen atoms in total. The van der Waals surface area contributed by atoms with Gasteiger partial charge in [0, 0.05) is 17.4 Å². The summed E-state index contributed by atoms with van der Waals surface area (Å²) >= 11 is 5.98. The Balaban J connectivity index is 2.18. The van der Waals surface area contributed by atoms with Crippen molar-refractivity contribution in [1.82, 2.24) is 0 Å². The van der Waals surface area contributed by atoms with Crippen LogP contribution in [0.4, 0.5) is 4.39 Å². The van der Waals surface area contributed by atoms with Crippen molar-refractivity contribution in [2.75, 3.05) is 0 Å². The van der Waals surface area contributed by atoms with Crippen LogP contribution >= 0.6 is 11.6 Å². The molecule has 0 saturated heterocycles. The van der Waals surface area contributed by atoms with E-state index in [2.05, 4.69) is 0 Å². The minimum atomic E-state index is -0.388. The number of Topliss-reactive ketones (excluding diaryl/α,β-unsaturated/α-hetero) is 1. The minimum Gasteiger partial charge on any atom is -0.299 e. The summed E-state index contributed by atoms with van der Waals surface area (Å²) in [4.78, 5) is 12.4. The van der Waals surface area contributed by atoms with E-state index in [1.54, 1.807) is 6.07 Å². The van der Waals surface area contributed by atoms with E-state index in [0.717, 1.165) is 12.0 Å². The van der Waals surface area contributed by atoms with Crippen LogP contribution < -0.4 is 0 Å². The molecule has 2 rings (SSSR count). The van der Waals surface area contributed by atoms with E-state index in [4.69, 9.17) is 11.6 Å². The highest BCUT2D eigenvalue weighted by molar-refractivity contribution is 6.31. The number of benzene rings is 2. The van der Waals surface area contributed by atoms with Crippen LogP contribution in [0.5, 0.6) is 0 Å². The monoisotopic (exact) mass is 290 g/mol. The van der Waals surface area contributed by atoms with Crippen molar-refractivity contribution in [2.24, 2.45) is 0 Å². The van der Waals surface area contributed by atoms with Crippen LogP contribution in [0.3, 0.4) is 0 Å². The predicted octanol–water partition coefficient (Wildman–Crippen LogP) is 4.78. The van der Waals surface area contributed by atoms with E-state index in [1.807, 2.05) is 37.3 Å². The zero-order chi connectivity index (χ0) is 14.5. The number of hydrogen-bond acceptors (Lipinski definition) is 1. The standard InChI is InChI=1S/C17H16ClFO/c1-2-15(12-6-4-3-5-7-12)17(20)10-13-8-9-14(19)11-16(13)18/h3-9,11,15H,2,10H2,1H3. The molecule has 104 valence electrons. The fourth-order valence-corrected chi connectivity index (χ4v) is 2.54. The maximum atomic E-state index is 13.0. The molecule has 3 heteroatoms. The van der Waals surface area contributed by atoms with Crippen molar-refractivity contribution in [1.29, 1.82) is 0 Å².